The fourth-order valence-corrected chi connectivity index (χ4v) is 2.83. The molecular weight excluding hydrogens is 328 g/mol. The van der Waals surface area contributed by atoms with E-state index in [1.165, 1.54) is 0 Å². The van der Waals surface area contributed by atoms with Crippen molar-refractivity contribution >= 4 is 5.97 Å². The van der Waals surface area contributed by atoms with Gasteiger partial charge in [-0.15, -0.1) is 0 Å². The number of benzene rings is 1. The Hall–Kier alpha value is -2.95. The van der Waals surface area contributed by atoms with E-state index in [4.69, 9.17) is 14.5 Å². The highest BCUT2D eigenvalue weighted by molar-refractivity contribution is 5.88. The van der Waals surface area contributed by atoms with Crippen LogP contribution < -0.4 is 0 Å². The minimum absolute atomic E-state index is 0.259. The summed E-state index contributed by atoms with van der Waals surface area (Å²) in [6.45, 7) is 8.44. The van der Waals surface area contributed by atoms with Gasteiger partial charge in [0.2, 0.25) is 0 Å². The highest BCUT2D eigenvalue weighted by Gasteiger charge is 2.16. The second-order valence-corrected chi connectivity index (χ2v) is 6.92. The van der Waals surface area contributed by atoms with Crippen LogP contribution in [0.4, 0.5) is 0 Å². The molecule has 2 heterocycles. The fourth-order valence-electron chi connectivity index (χ4n) is 2.83. The van der Waals surface area contributed by atoms with Gasteiger partial charge in [-0.2, -0.15) is 0 Å². The quantitative estimate of drug-likeness (QED) is 0.671. The van der Waals surface area contributed by atoms with Gasteiger partial charge in [-0.3, -0.25) is 4.98 Å². The second kappa shape index (κ2) is 7.12. The minimum atomic E-state index is -0.939. The molecule has 1 N–H and O–H groups in total. The number of hydrogen-bond acceptors (Lipinski definition) is 4. The smallest absolute Gasteiger partial charge is 0.335 e. The Morgan fingerprint density at radius 1 is 1.00 bits per heavy atom. The highest BCUT2D eigenvalue weighted by atomic mass is 16.4. The largest absolute Gasteiger partial charge is 0.478 e. The Morgan fingerprint density at radius 2 is 1.65 bits per heavy atom. The van der Waals surface area contributed by atoms with Crippen LogP contribution in [0.2, 0.25) is 0 Å². The van der Waals surface area contributed by atoms with Crippen LogP contribution in [0.3, 0.4) is 0 Å². The van der Waals surface area contributed by atoms with E-state index in [2.05, 4.69) is 32.7 Å². The van der Waals surface area contributed by atoms with Gasteiger partial charge in [-0.05, 0) is 35.6 Å². The molecule has 0 aliphatic rings. The Bertz CT molecular complexity index is 925. The Morgan fingerprint density at radius 3 is 2.23 bits per heavy atom. The number of carboxylic acids is 1. The van der Waals surface area contributed by atoms with Crippen molar-refractivity contribution in [3.05, 3.63) is 59.7 Å². The van der Waals surface area contributed by atoms with E-state index in [0.717, 1.165) is 22.5 Å². The van der Waals surface area contributed by atoms with Gasteiger partial charge in [0.25, 0.3) is 0 Å². The molecule has 0 saturated carbocycles. The van der Waals surface area contributed by atoms with Crippen LogP contribution in [-0.4, -0.2) is 21.0 Å². The molecule has 1 aromatic carbocycles. The number of aromatic nitrogens is 2. The number of furan rings is 1. The molecule has 0 aliphatic heterocycles. The molecule has 0 fully saturated rings. The molecular formula is C21H22N2O3. The third-order valence-electron chi connectivity index (χ3n) is 4.24. The third-order valence-corrected chi connectivity index (χ3v) is 4.24. The van der Waals surface area contributed by atoms with Gasteiger partial charge in [0, 0.05) is 5.56 Å². The van der Waals surface area contributed by atoms with Gasteiger partial charge in [0.15, 0.2) is 5.76 Å². The highest BCUT2D eigenvalue weighted by Crippen LogP contribution is 2.30. The average molecular weight is 350 g/mol. The monoisotopic (exact) mass is 350 g/mol. The van der Waals surface area contributed by atoms with E-state index >= 15 is 0 Å². The molecule has 0 bridgehead atoms. The van der Waals surface area contributed by atoms with Gasteiger partial charge in [0.05, 0.1) is 29.4 Å². The van der Waals surface area contributed by atoms with Crippen molar-refractivity contribution in [2.24, 2.45) is 0 Å². The molecule has 0 spiro atoms. The summed E-state index contributed by atoms with van der Waals surface area (Å²) in [6.07, 6.45) is 3.40. The number of rotatable bonds is 5. The first-order chi connectivity index (χ1) is 12.4. The van der Waals surface area contributed by atoms with E-state index in [9.17, 15) is 4.79 Å². The number of aromatic carboxylic acids is 1. The van der Waals surface area contributed by atoms with Gasteiger partial charge < -0.3 is 9.52 Å². The summed E-state index contributed by atoms with van der Waals surface area (Å²) in [4.78, 5) is 20.3. The number of nitrogens with zero attached hydrogens (tertiary/aromatic N) is 2. The lowest BCUT2D eigenvalue weighted by molar-refractivity contribution is 0.0697. The van der Waals surface area contributed by atoms with Crippen LogP contribution in [0.1, 0.15) is 61.3 Å². The SMILES string of the molecule is CC(C)c1ncc(-c2cc(-c3ccc(C(=O)O)cc3)co2)nc1C(C)C. The molecule has 3 rings (SSSR count). The molecule has 134 valence electrons. The Labute approximate surface area is 152 Å². The lowest BCUT2D eigenvalue weighted by Gasteiger charge is -2.14. The summed E-state index contributed by atoms with van der Waals surface area (Å²) in [5.41, 5.74) is 4.72. The van der Waals surface area contributed by atoms with E-state index < -0.39 is 5.97 Å². The first-order valence-corrected chi connectivity index (χ1v) is 8.66. The average Bonchev–Trinajstić information content (AvgIpc) is 3.11. The molecule has 0 aliphatic carbocycles. The van der Waals surface area contributed by atoms with Crippen molar-refractivity contribution in [3.63, 3.8) is 0 Å². The summed E-state index contributed by atoms with van der Waals surface area (Å²) < 4.78 is 5.70. The predicted molar refractivity (Wildman–Crippen MR) is 100 cm³/mol. The molecule has 3 aromatic rings. The molecule has 0 amide bonds. The zero-order valence-electron chi connectivity index (χ0n) is 15.4. The van der Waals surface area contributed by atoms with E-state index in [0.29, 0.717) is 17.4 Å². The molecule has 5 nitrogen and oxygen atoms in total. The first-order valence-electron chi connectivity index (χ1n) is 8.66. The summed E-state index contributed by atoms with van der Waals surface area (Å²) in [5, 5.41) is 9.00. The standard InChI is InChI=1S/C21H22N2O3/c1-12(2)19-20(13(3)4)23-17(10-22-19)18-9-16(11-26-18)14-5-7-15(8-6-14)21(24)25/h5-13H,1-4H3,(H,24,25). The third kappa shape index (κ3) is 3.52. The lowest BCUT2D eigenvalue weighted by atomic mass is 10.0. The molecule has 5 heteroatoms. The summed E-state index contributed by atoms with van der Waals surface area (Å²) in [7, 11) is 0. The van der Waals surface area contributed by atoms with Crippen molar-refractivity contribution in [1.29, 1.82) is 0 Å². The van der Waals surface area contributed by atoms with Crippen molar-refractivity contribution in [2.45, 2.75) is 39.5 Å². The maximum absolute atomic E-state index is 11.0. The van der Waals surface area contributed by atoms with Crippen LogP contribution in [0.25, 0.3) is 22.6 Å². The minimum Gasteiger partial charge on any atom is -0.478 e. The maximum Gasteiger partial charge on any atom is 0.335 e. The summed E-state index contributed by atoms with van der Waals surface area (Å²) in [6, 6.07) is 8.60. The zero-order valence-corrected chi connectivity index (χ0v) is 15.4. The number of carbonyl (C=O) groups is 1. The maximum atomic E-state index is 11.0. The number of carboxylic acid groups (broad SMARTS) is 1. The van der Waals surface area contributed by atoms with Crippen molar-refractivity contribution in [1.82, 2.24) is 9.97 Å². The van der Waals surface area contributed by atoms with Gasteiger partial charge in [-0.1, -0.05) is 39.8 Å². The van der Waals surface area contributed by atoms with E-state index in [1.807, 2.05) is 6.07 Å². The van der Waals surface area contributed by atoms with E-state index in [1.54, 1.807) is 36.7 Å². The van der Waals surface area contributed by atoms with Crippen LogP contribution in [-0.2, 0) is 0 Å². The first kappa shape index (κ1) is 17.9. The number of hydrogen-bond donors (Lipinski definition) is 1. The van der Waals surface area contributed by atoms with Crippen LogP contribution in [0.15, 0.2) is 47.2 Å². The second-order valence-electron chi connectivity index (χ2n) is 6.92. The molecule has 26 heavy (non-hydrogen) atoms. The zero-order chi connectivity index (χ0) is 18.8. The van der Waals surface area contributed by atoms with E-state index in [-0.39, 0.29) is 11.5 Å². The molecule has 0 radical (unpaired) electrons. The van der Waals surface area contributed by atoms with Crippen LogP contribution in [0.5, 0.6) is 0 Å². The molecule has 0 unspecified atom stereocenters. The van der Waals surface area contributed by atoms with Crippen molar-refractivity contribution < 1.29 is 14.3 Å². The topological polar surface area (TPSA) is 76.2 Å². The Kier molecular flexibility index (Phi) is 4.89. The molecule has 2 aromatic heterocycles. The normalized spacial score (nSPS) is 11.3. The summed E-state index contributed by atoms with van der Waals surface area (Å²) >= 11 is 0. The predicted octanol–water partition coefficient (Wildman–Crippen LogP) is 5.35. The molecule has 0 atom stereocenters. The Balaban J connectivity index is 1.94. The van der Waals surface area contributed by atoms with Crippen molar-refractivity contribution in [3.8, 4) is 22.6 Å². The van der Waals surface area contributed by atoms with Crippen molar-refractivity contribution in [2.75, 3.05) is 0 Å². The molecule has 0 saturated heterocycles. The fraction of sp³-hybridized carbons (Fsp3) is 0.286. The van der Waals surface area contributed by atoms with Gasteiger partial charge >= 0.3 is 5.97 Å². The van der Waals surface area contributed by atoms with Gasteiger partial charge in [0.1, 0.15) is 5.69 Å². The van der Waals surface area contributed by atoms with Crippen LogP contribution >= 0.6 is 0 Å². The van der Waals surface area contributed by atoms with Crippen LogP contribution in [0, 0.1) is 0 Å². The van der Waals surface area contributed by atoms with Gasteiger partial charge in [-0.25, -0.2) is 9.78 Å². The summed E-state index contributed by atoms with van der Waals surface area (Å²) in [5.74, 6) is 0.296. The lowest BCUT2D eigenvalue weighted by Crippen LogP contribution is -2.05.